The molecule has 17 heavy (non-hydrogen) atoms. The molecule has 1 unspecified atom stereocenters. The molecule has 0 aromatic heterocycles. The van der Waals surface area contributed by atoms with Crippen LogP contribution in [0.25, 0.3) is 0 Å². The maximum Gasteiger partial charge on any atom is 0.239 e. The number of carbonyl (C=O) groups is 1. The SMILES string of the molecule is CCC(N)C(=O)N1CCCc2ccccc2C1. The van der Waals surface area contributed by atoms with Crippen molar-refractivity contribution in [2.45, 2.75) is 38.8 Å². The zero-order chi connectivity index (χ0) is 12.3. The first-order valence-electron chi connectivity index (χ1n) is 6.33. The standard InChI is InChI=1S/C14H20N2O/c1-2-13(15)14(17)16-9-5-8-11-6-3-4-7-12(11)10-16/h3-4,6-7,13H,2,5,8-10,15H2,1H3. The Balaban J connectivity index is 2.15. The Bertz CT molecular complexity index is 403. The molecule has 1 aromatic rings. The van der Waals surface area contributed by atoms with Crippen molar-refractivity contribution in [3.63, 3.8) is 0 Å². The molecule has 92 valence electrons. The number of fused-ring (bicyclic) bond motifs is 1. The average Bonchev–Trinajstić information content (AvgIpc) is 2.58. The number of rotatable bonds is 2. The lowest BCUT2D eigenvalue weighted by Crippen LogP contribution is -2.43. The maximum atomic E-state index is 12.1. The van der Waals surface area contributed by atoms with Crippen molar-refractivity contribution in [3.05, 3.63) is 35.4 Å². The zero-order valence-corrected chi connectivity index (χ0v) is 10.4. The minimum Gasteiger partial charge on any atom is -0.337 e. The molecule has 1 atom stereocenters. The van der Waals surface area contributed by atoms with Crippen LogP contribution in [0.3, 0.4) is 0 Å². The Morgan fingerprint density at radius 1 is 1.41 bits per heavy atom. The molecule has 0 spiro atoms. The molecular weight excluding hydrogens is 212 g/mol. The highest BCUT2D eigenvalue weighted by Crippen LogP contribution is 2.18. The summed E-state index contributed by atoms with van der Waals surface area (Å²) < 4.78 is 0. The van der Waals surface area contributed by atoms with Gasteiger partial charge in [-0.1, -0.05) is 31.2 Å². The highest BCUT2D eigenvalue weighted by atomic mass is 16.2. The van der Waals surface area contributed by atoms with Gasteiger partial charge in [-0.25, -0.2) is 0 Å². The summed E-state index contributed by atoms with van der Waals surface area (Å²) in [7, 11) is 0. The molecule has 1 heterocycles. The van der Waals surface area contributed by atoms with E-state index in [0.29, 0.717) is 13.0 Å². The van der Waals surface area contributed by atoms with Crippen molar-refractivity contribution in [3.8, 4) is 0 Å². The van der Waals surface area contributed by atoms with Gasteiger partial charge in [0.05, 0.1) is 6.04 Å². The van der Waals surface area contributed by atoms with Crippen molar-refractivity contribution in [1.82, 2.24) is 4.90 Å². The summed E-state index contributed by atoms with van der Waals surface area (Å²) in [5, 5.41) is 0. The van der Waals surface area contributed by atoms with Crippen molar-refractivity contribution in [1.29, 1.82) is 0 Å². The second-order valence-corrected chi connectivity index (χ2v) is 4.65. The highest BCUT2D eigenvalue weighted by molar-refractivity contribution is 5.81. The quantitative estimate of drug-likeness (QED) is 0.843. The summed E-state index contributed by atoms with van der Waals surface area (Å²) >= 11 is 0. The van der Waals surface area contributed by atoms with E-state index in [1.165, 1.54) is 11.1 Å². The first-order chi connectivity index (χ1) is 8.22. The number of hydrogen-bond donors (Lipinski definition) is 1. The third-order valence-electron chi connectivity index (χ3n) is 3.42. The van der Waals surface area contributed by atoms with Gasteiger partial charge in [0.1, 0.15) is 0 Å². The third-order valence-corrected chi connectivity index (χ3v) is 3.42. The summed E-state index contributed by atoms with van der Waals surface area (Å²) in [4.78, 5) is 14.0. The van der Waals surface area contributed by atoms with Crippen molar-refractivity contribution < 1.29 is 4.79 Å². The molecule has 3 nitrogen and oxygen atoms in total. The molecule has 0 radical (unpaired) electrons. The van der Waals surface area contributed by atoms with Crippen LogP contribution in [-0.4, -0.2) is 23.4 Å². The summed E-state index contributed by atoms with van der Waals surface area (Å²) in [6.07, 6.45) is 2.79. The fourth-order valence-corrected chi connectivity index (χ4v) is 2.30. The summed E-state index contributed by atoms with van der Waals surface area (Å²) in [5.41, 5.74) is 8.46. The van der Waals surface area contributed by atoms with Gasteiger partial charge in [0, 0.05) is 13.1 Å². The average molecular weight is 232 g/mol. The largest absolute Gasteiger partial charge is 0.337 e. The fraction of sp³-hybridized carbons (Fsp3) is 0.500. The molecule has 0 bridgehead atoms. The Kier molecular flexibility index (Phi) is 3.79. The molecule has 1 aliphatic rings. The van der Waals surface area contributed by atoms with Gasteiger partial charge < -0.3 is 10.6 Å². The summed E-state index contributed by atoms with van der Waals surface area (Å²) in [5.74, 6) is 0.0872. The molecule has 0 aliphatic carbocycles. The molecule has 0 fully saturated rings. The zero-order valence-electron chi connectivity index (χ0n) is 10.4. The Labute approximate surface area is 103 Å². The van der Waals surface area contributed by atoms with E-state index in [1.54, 1.807) is 0 Å². The van der Waals surface area contributed by atoms with Gasteiger partial charge in [0.15, 0.2) is 0 Å². The second kappa shape index (κ2) is 5.32. The van der Waals surface area contributed by atoms with Crippen LogP contribution in [0.15, 0.2) is 24.3 Å². The number of hydrogen-bond acceptors (Lipinski definition) is 2. The minimum atomic E-state index is -0.347. The minimum absolute atomic E-state index is 0.0872. The second-order valence-electron chi connectivity index (χ2n) is 4.65. The summed E-state index contributed by atoms with van der Waals surface area (Å²) in [6.45, 7) is 3.48. The number of aryl methyl sites for hydroxylation is 1. The summed E-state index contributed by atoms with van der Waals surface area (Å²) in [6, 6.07) is 8.02. The Morgan fingerprint density at radius 3 is 2.82 bits per heavy atom. The van der Waals surface area contributed by atoms with Crippen molar-refractivity contribution in [2.24, 2.45) is 5.73 Å². The Hall–Kier alpha value is -1.35. The van der Waals surface area contributed by atoms with Crippen LogP contribution in [0, 0.1) is 0 Å². The van der Waals surface area contributed by atoms with Crippen LogP contribution < -0.4 is 5.73 Å². The van der Waals surface area contributed by atoms with Gasteiger partial charge in [-0.15, -0.1) is 0 Å². The van der Waals surface area contributed by atoms with Crippen LogP contribution in [0.1, 0.15) is 30.9 Å². The predicted molar refractivity (Wildman–Crippen MR) is 68.4 cm³/mol. The molecule has 0 saturated carbocycles. The molecule has 3 heteroatoms. The van der Waals surface area contributed by atoms with Gasteiger partial charge >= 0.3 is 0 Å². The Morgan fingerprint density at radius 2 is 2.12 bits per heavy atom. The monoisotopic (exact) mass is 232 g/mol. The topological polar surface area (TPSA) is 46.3 Å². The van der Waals surface area contributed by atoms with Crippen LogP contribution in [0.4, 0.5) is 0 Å². The van der Waals surface area contributed by atoms with E-state index < -0.39 is 0 Å². The maximum absolute atomic E-state index is 12.1. The van der Waals surface area contributed by atoms with Gasteiger partial charge in [0.25, 0.3) is 0 Å². The van der Waals surface area contributed by atoms with E-state index in [1.807, 2.05) is 17.9 Å². The molecule has 2 rings (SSSR count). The molecule has 1 aromatic carbocycles. The number of benzene rings is 1. The van der Waals surface area contributed by atoms with Gasteiger partial charge in [-0.3, -0.25) is 4.79 Å². The van der Waals surface area contributed by atoms with Crippen LogP contribution >= 0.6 is 0 Å². The first-order valence-corrected chi connectivity index (χ1v) is 6.33. The lowest BCUT2D eigenvalue weighted by atomic mass is 10.0. The van der Waals surface area contributed by atoms with E-state index in [4.69, 9.17) is 5.73 Å². The number of carbonyl (C=O) groups excluding carboxylic acids is 1. The number of amides is 1. The van der Waals surface area contributed by atoms with E-state index in [0.717, 1.165) is 19.4 Å². The van der Waals surface area contributed by atoms with Gasteiger partial charge in [0.2, 0.25) is 5.91 Å². The molecule has 1 aliphatic heterocycles. The van der Waals surface area contributed by atoms with Crippen LogP contribution in [0.2, 0.25) is 0 Å². The van der Waals surface area contributed by atoms with Crippen LogP contribution in [-0.2, 0) is 17.8 Å². The van der Waals surface area contributed by atoms with Gasteiger partial charge in [-0.05, 0) is 30.4 Å². The lowest BCUT2D eigenvalue weighted by Gasteiger charge is -2.23. The number of nitrogens with two attached hydrogens (primary N) is 1. The lowest BCUT2D eigenvalue weighted by molar-refractivity contribution is -0.133. The van der Waals surface area contributed by atoms with Crippen molar-refractivity contribution >= 4 is 5.91 Å². The highest BCUT2D eigenvalue weighted by Gasteiger charge is 2.22. The van der Waals surface area contributed by atoms with E-state index in [2.05, 4.69) is 18.2 Å². The van der Waals surface area contributed by atoms with E-state index in [-0.39, 0.29) is 11.9 Å². The smallest absolute Gasteiger partial charge is 0.239 e. The number of nitrogens with zero attached hydrogens (tertiary/aromatic N) is 1. The first kappa shape index (κ1) is 12.1. The van der Waals surface area contributed by atoms with Gasteiger partial charge in [-0.2, -0.15) is 0 Å². The third kappa shape index (κ3) is 2.67. The normalized spacial score (nSPS) is 17.2. The van der Waals surface area contributed by atoms with Crippen LogP contribution in [0.5, 0.6) is 0 Å². The van der Waals surface area contributed by atoms with Crippen molar-refractivity contribution in [2.75, 3.05) is 6.54 Å². The molecule has 1 amide bonds. The molecule has 2 N–H and O–H groups in total. The van der Waals surface area contributed by atoms with E-state index in [9.17, 15) is 4.79 Å². The molecule has 0 saturated heterocycles. The van der Waals surface area contributed by atoms with E-state index >= 15 is 0 Å². The fourth-order valence-electron chi connectivity index (χ4n) is 2.30. The molecular formula is C14H20N2O. The predicted octanol–water partition coefficient (Wildman–Crippen LogP) is 1.70.